The number of fused-ring (bicyclic) bond motifs is 2. The lowest BCUT2D eigenvalue weighted by Gasteiger charge is -2.38. The van der Waals surface area contributed by atoms with Crippen LogP contribution < -0.4 is 0 Å². The maximum atomic E-state index is 12.8. The molecule has 0 N–H and O–H groups in total. The Labute approximate surface area is 131 Å². The molecule has 1 aromatic carbocycles. The van der Waals surface area contributed by atoms with Crippen LogP contribution in [0.15, 0.2) is 29.8 Å². The largest absolute Gasteiger partial charge is 0.416 e. The monoisotopic (exact) mass is 321 g/mol. The first-order valence-corrected chi connectivity index (χ1v) is 7.11. The van der Waals surface area contributed by atoms with E-state index in [1.807, 2.05) is 6.07 Å². The Hall–Kier alpha value is -2.13. The molecule has 1 unspecified atom stereocenters. The minimum absolute atomic E-state index is 0.00556. The van der Waals surface area contributed by atoms with Crippen LogP contribution in [0.5, 0.6) is 0 Å². The molecule has 6 heteroatoms. The van der Waals surface area contributed by atoms with E-state index >= 15 is 0 Å². The summed E-state index contributed by atoms with van der Waals surface area (Å²) in [7, 11) is 0. The van der Waals surface area contributed by atoms with Gasteiger partial charge in [-0.3, -0.25) is 4.79 Å². The van der Waals surface area contributed by atoms with Gasteiger partial charge in [-0.2, -0.15) is 18.4 Å². The summed E-state index contributed by atoms with van der Waals surface area (Å²) >= 11 is 0. The molecule has 1 aliphatic heterocycles. The number of allylic oxidation sites excluding steroid dienone is 1. The first kappa shape index (κ1) is 15.8. The predicted molar refractivity (Wildman–Crippen MR) is 75.0 cm³/mol. The van der Waals surface area contributed by atoms with Gasteiger partial charge in [0, 0.05) is 5.41 Å². The van der Waals surface area contributed by atoms with E-state index in [2.05, 4.69) is 0 Å². The van der Waals surface area contributed by atoms with Gasteiger partial charge in [-0.15, -0.1) is 0 Å². The van der Waals surface area contributed by atoms with Crippen molar-refractivity contribution in [3.05, 3.63) is 46.5 Å². The van der Waals surface area contributed by atoms with Gasteiger partial charge < -0.3 is 4.74 Å². The van der Waals surface area contributed by atoms with Crippen LogP contribution in [0.25, 0.3) is 0 Å². The Morgan fingerprint density at radius 1 is 1.30 bits per heavy atom. The zero-order chi connectivity index (χ0) is 17.0. The van der Waals surface area contributed by atoms with Crippen LogP contribution in [0.4, 0.5) is 13.2 Å². The summed E-state index contributed by atoms with van der Waals surface area (Å²) < 4.78 is 44.3. The molecule has 0 fully saturated rings. The lowest BCUT2D eigenvalue weighted by atomic mass is 9.68. The molecular weight excluding hydrogens is 307 g/mol. The van der Waals surface area contributed by atoms with Crippen molar-refractivity contribution >= 4 is 5.78 Å². The van der Waals surface area contributed by atoms with Crippen molar-refractivity contribution < 1.29 is 22.7 Å². The van der Waals surface area contributed by atoms with Crippen molar-refractivity contribution in [2.24, 2.45) is 5.41 Å². The van der Waals surface area contributed by atoms with E-state index in [-0.39, 0.29) is 18.0 Å². The molecular formula is C17H14F3NO2. The summed E-state index contributed by atoms with van der Waals surface area (Å²) in [5, 5.41) is 9.19. The number of carbonyl (C=O) groups excluding carboxylic acids is 1. The molecule has 0 radical (unpaired) electrons. The van der Waals surface area contributed by atoms with Gasteiger partial charge in [0.25, 0.3) is 0 Å². The lowest BCUT2D eigenvalue weighted by Crippen LogP contribution is -2.40. The molecule has 0 saturated heterocycles. The van der Waals surface area contributed by atoms with Crippen LogP contribution in [0.2, 0.25) is 0 Å². The molecule has 1 atom stereocenters. The summed E-state index contributed by atoms with van der Waals surface area (Å²) in [6, 6.07) is 5.36. The van der Waals surface area contributed by atoms with E-state index in [9.17, 15) is 23.2 Å². The number of hydrogen-bond donors (Lipinski definition) is 0. The second-order valence-corrected chi connectivity index (χ2v) is 6.61. The number of carbonyl (C=O) groups is 1. The molecule has 1 spiro atoms. The van der Waals surface area contributed by atoms with Crippen molar-refractivity contribution in [3.63, 3.8) is 0 Å². The maximum absolute atomic E-state index is 12.8. The minimum atomic E-state index is -4.42. The summed E-state index contributed by atoms with van der Waals surface area (Å²) in [6.45, 7) is 3.46. The van der Waals surface area contributed by atoms with Crippen molar-refractivity contribution in [1.82, 2.24) is 0 Å². The van der Waals surface area contributed by atoms with E-state index in [4.69, 9.17) is 4.74 Å². The van der Waals surface area contributed by atoms with Gasteiger partial charge in [-0.25, -0.2) is 0 Å². The number of nitriles is 1. The predicted octanol–water partition coefficient (Wildman–Crippen LogP) is 3.88. The highest BCUT2D eigenvalue weighted by atomic mass is 19.4. The number of rotatable bonds is 0. The van der Waals surface area contributed by atoms with Crippen LogP contribution in [0, 0.1) is 16.7 Å². The highest BCUT2D eigenvalue weighted by molar-refractivity contribution is 6.04. The standard InChI is InChI=1S/C17H14F3NO2/c1-15(2)9-16(6-11(7-21)14(15)22)13-4-3-12(17(18,19)20)5-10(13)8-23-16/h3-6H,8-9H2,1-2H3. The highest BCUT2D eigenvalue weighted by Crippen LogP contribution is 2.50. The Morgan fingerprint density at radius 3 is 2.61 bits per heavy atom. The Bertz CT molecular complexity index is 771. The molecule has 1 aliphatic carbocycles. The Balaban J connectivity index is 2.14. The summed E-state index contributed by atoms with van der Waals surface area (Å²) in [4.78, 5) is 12.2. The number of halogens is 3. The maximum Gasteiger partial charge on any atom is 0.416 e. The van der Waals surface area contributed by atoms with E-state index in [0.29, 0.717) is 17.5 Å². The fourth-order valence-electron chi connectivity index (χ4n) is 3.39. The molecule has 0 bridgehead atoms. The Kier molecular flexibility index (Phi) is 3.21. The van der Waals surface area contributed by atoms with Gasteiger partial charge in [0.05, 0.1) is 17.7 Å². The normalized spacial score (nSPS) is 25.9. The average molecular weight is 321 g/mol. The fraction of sp³-hybridized carbons (Fsp3) is 0.412. The topological polar surface area (TPSA) is 50.1 Å². The molecule has 120 valence electrons. The number of Topliss-reactive ketones (excluding diaryl/α,β-unsaturated/α-hetero) is 1. The molecule has 1 aromatic rings. The smallest absolute Gasteiger partial charge is 0.361 e. The minimum Gasteiger partial charge on any atom is -0.361 e. The molecule has 0 amide bonds. The van der Waals surface area contributed by atoms with Gasteiger partial charge in [0.2, 0.25) is 0 Å². The molecule has 3 rings (SSSR count). The van der Waals surface area contributed by atoms with Crippen LogP contribution >= 0.6 is 0 Å². The first-order valence-electron chi connectivity index (χ1n) is 7.11. The van der Waals surface area contributed by atoms with Gasteiger partial charge in [0.15, 0.2) is 5.78 Å². The zero-order valence-electron chi connectivity index (χ0n) is 12.6. The van der Waals surface area contributed by atoms with E-state index < -0.39 is 22.8 Å². The Morgan fingerprint density at radius 2 is 2.00 bits per heavy atom. The summed E-state index contributed by atoms with van der Waals surface area (Å²) in [6.07, 6.45) is -2.66. The van der Waals surface area contributed by atoms with Gasteiger partial charge in [-0.05, 0) is 35.8 Å². The van der Waals surface area contributed by atoms with E-state index in [0.717, 1.165) is 12.1 Å². The van der Waals surface area contributed by atoms with Gasteiger partial charge in [0.1, 0.15) is 11.7 Å². The first-order chi connectivity index (χ1) is 10.6. The van der Waals surface area contributed by atoms with Crippen molar-refractivity contribution in [3.8, 4) is 6.07 Å². The third kappa shape index (κ3) is 2.36. The van der Waals surface area contributed by atoms with Crippen molar-refractivity contribution in [2.75, 3.05) is 0 Å². The number of benzene rings is 1. The summed E-state index contributed by atoms with van der Waals surface area (Å²) in [5.41, 5.74) is -1.52. The van der Waals surface area contributed by atoms with E-state index in [1.165, 1.54) is 12.1 Å². The van der Waals surface area contributed by atoms with Crippen molar-refractivity contribution in [1.29, 1.82) is 5.26 Å². The van der Waals surface area contributed by atoms with Gasteiger partial charge >= 0.3 is 6.18 Å². The second-order valence-electron chi connectivity index (χ2n) is 6.61. The number of ether oxygens (including phenoxy) is 1. The third-order valence-corrected chi connectivity index (χ3v) is 4.44. The number of alkyl halides is 3. The highest BCUT2D eigenvalue weighted by Gasteiger charge is 2.50. The molecule has 0 aromatic heterocycles. The number of nitrogens with zero attached hydrogens (tertiary/aromatic N) is 1. The third-order valence-electron chi connectivity index (χ3n) is 4.44. The van der Waals surface area contributed by atoms with Crippen LogP contribution in [-0.4, -0.2) is 5.78 Å². The molecule has 1 heterocycles. The quantitative estimate of drug-likeness (QED) is 0.728. The zero-order valence-corrected chi connectivity index (χ0v) is 12.6. The van der Waals surface area contributed by atoms with Crippen LogP contribution in [0.3, 0.4) is 0 Å². The fourth-order valence-corrected chi connectivity index (χ4v) is 3.39. The van der Waals surface area contributed by atoms with Gasteiger partial charge in [-0.1, -0.05) is 19.9 Å². The van der Waals surface area contributed by atoms with Crippen molar-refractivity contribution in [2.45, 2.75) is 38.7 Å². The number of ketones is 1. The SMILES string of the molecule is CC1(C)CC2(C=C(C#N)C1=O)OCc1cc(C(F)(F)F)ccc12. The lowest BCUT2D eigenvalue weighted by molar-refractivity contribution is -0.137. The molecule has 2 aliphatic rings. The molecule has 23 heavy (non-hydrogen) atoms. The van der Waals surface area contributed by atoms with Crippen LogP contribution in [-0.2, 0) is 27.9 Å². The second kappa shape index (κ2) is 4.68. The molecule has 0 saturated carbocycles. The van der Waals surface area contributed by atoms with E-state index in [1.54, 1.807) is 13.8 Å². The summed E-state index contributed by atoms with van der Waals surface area (Å²) in [5.74, 6) is -0.269. The average Bonchev–Trinajstić information content (AvgIpc) is 2.79. The molecule has 3 nitrogen and oxygen atoms in total. The van der Waals surface area contributed by atoms with Crippen LogP contribution in [0.1, 0.15) is 37.0 Å². The number of hydrogen-bond acceptors (Lipinski definition) is 3.